The number of methoxy groups -OCH3 is 1. The topological polar surface area (TPSA) is 102 Å². The van der Waals surface area contributed by atoms with Gasteiger partial charge in [-0.25, -0.2) is 0 Å². The number of benzene rings is 1. The van der Waals surface area contributed by atoms with E-state index in [4.69, 9.17) is 4.74 Å². The van der Waals surface area contributed by atoms with Crippen molar-refractivity contribution in [2.24, 2.45) is 0 Å². The van der Waals surface area contributed by atoms with Gasteiger partial charge in [0.1, 0.15) is 12.0 Å². The van der Waals surface area contributed by atoms with E-state index in [2.05, 4.69) is 5.32 Å². The van der Waals surface area contributed by atoms with Crippen LogP contribution >= 0.6 is 0 Å². The maximum atomic E-state index is 10.9. The summed E-state index contributed by atoms with van der Waals surface area (Å²) in [7, 11) is 1.49. The molecule has 0 radical (unpaired) electrons. The summed E-state index contributed by atoms with van der Waals surface area (Å²) in [5, 5.41) is 23.2. The molecule has 0 amide bonds. The van der Waals surface area contributed by atoms with E-state index in [0.717, 1.165) is 0 Å². The third-order valence-corrected chi connectivity index (χ3v) is 2.51. The Morgan fingerprint density at radius 3 is 2.89 bits per heavy atom. The van der Waals surface area contributed by atoms with Gasteiger partial charge >= 0.3 is 0 Å². The lowest BCUT2D eigenvalue weighted by Crippen LogP contribution is -2.18. The monoisotopic (exact) mass is 268 g/mol. The number of hydrogen-bond donors (Lipinski definition) is 2. The van der Waals surface area contributed by atoms with Crippen LogP contribution in [0.2, 0.25) is 0 Å². The van der Waals surface area contributed by atoms with Crippen LogP contribution in [-0.4, -0.2) is 42.7 Å². The Kier molecular flexibility index (Phi) is 5.91. The van der Waals surface area contributed by atoms with Gasteiger partial charge in [-0.2, -0.15) is 0 Å². The number of carbonyl (C=O) groups excluding carboxylic acids is 1. The second kappa shape index (κ2) is 7.45. The Labute approximate surface area is 110 Å². The van der Waals surface area contributed by atoms with E-state index in [1.54, 1.807) is 0 Å². The molecular formula is C12H16N2O5. The van der Waals surface area contributed by atoms with E-state index in [0.29, 0.717) is 24.9 Å². The van der Waals surface area contributed by atoms with E-state index in [-0.39, 0.29) is 17.9 Å². The predicted molar refractivity (Wildman–Crippen MR) is 69.5 cm³/mol. The van der Waals surface area contributed by atoms with Gasteiger partial charge in [0.25, 0.3) is 5.69 Å². The van der Waals surface area contributed by atoms with Gasteiger partial charge in [-0.3, -0.25) is 14.9 Å². The van der Waals surface area contributed by atoms with Crippen LogP contribution in [0.5, 0.6) is 0 Å². The minimum absolute atomic E-state index is 0.161. The molecule has 0 saturated heterocycles. The maximum Gasteiger partial charge on any atom is 0.293 e. The van der Waals surface area contributed by atoms with Crippen LogP contribution in [0.3, 0.4) is 0 Å². The van der Waals surface area contributed by atoms with Crippen molar-refractivity contribution in [2.75, 3.05) is 25.6 Å². The molecule has 0 heterocycles. The van der Waals surface area contributed by atoms with Gasteiger partial charge in [0.05, 0.1) is 17.6 Å². The Balaban J connectivity index is 2.67. The molecule has 1 unspecified atom stereocenters. The number of aliphatic hydroxyl groups is 1. The predicted octanol–water partition coefficient (Wildman–Crippen LogP) is 1.22. The number of aldehydes is 1. The molecule has 1 atom stereocenters. The molecule has 104 valence electrons. The van der Waals surface area contributed by atoms with Crippen molar-refractivity contribution >= 4 is 17.7 Å². The number of rotatable bonds is 8. The van der Waals surface area contributed by atoms with Gasteiger partial charge in [-0.05, 0) is 18.6 Å². The van der Waals surface area contributed by atoms with Crippen LogP contribution in [0.4, 0.5) is 11.4 Å². The lowest BCUT2D eigenvalue weighted by molar-refractivity contribution is -0.384. The molecule has 1 aromatic carbocycles. The highest BCUT2D eigenvalue weighted by Crippen LogP contribution is 2.24. The first-order valence-electron chi connectivity index (χ1n) is 5.73. The van der Waals surface area contributed by atoms with Gasteiger partial charge < -0.3 is 15.2 Å². The zero-order chi connectivity index (χ0) is 14.3. The summed E-state index contributed by atoms with van der Waals surface area (Å²) in [5.74, 6) is 0. The fourth-order valence-corrected chi connectivity index (χ4v) is 1.57. The maximum absolute atomic E-state index is 10.9. The molecule has 7 heteroatoms. The third kappa shape index (κ3) is 4.65. The van der Waals surface area contributed by atoms with Gasteiger partial charge in [-0.1, -0.05) is 0 Å². The van der Waals surface area contributed by atoms with Crippen LogP contribution in [-0.2, 0) is 4.74 Å². The molecule has 0 fully saturated rings. The number of nitrogens with zero attached hydrogens (tertiary/aromatic N) is 1. The van der Waals surface area contributed by atoms with Crippen molar-refractivity contribution in [1.29, 1.82) is 0 Å². The molecule has 0 bridgehead atoms. The number of nitro groups is 1. The summed E-state index contributed by atoms with van der Waals surface area (Å²) in [6, 6.07) is 4.18. The van der Waals surface area contributed by atoms with Crippen molar-refractivity contribution in [3.63, 3.8) is 0 Å². The number of nitrogens with one attached hydrogen (secondary N) is 1. The summed E-state index contributed by atoms with van der Waals surface area (Å²) >= 11 is 0. The Hall–Kier alpha value is -1.99. The zero-order valence-electron chi connectivity index (χ0n) is 10.5. The molecule has 0 saturated carbocycles. The van der Waals surface area contributed by atoms with Gasteiger partial charge in [0.2, 0.25) is 0 Å². The van der Waals surface area contributed by atoms with Gasteiger partial charge in [0.15, 0.2) is 0 Å². The van der Waals surface area contributed by atoms with Crippen LogP contribution in [0, 0.1) is 10.1 Å². The van der Waals surface area contributed by atoms with Crippen LogP contribution in [0.25, 0.3) is 0 Å². The fourth-order valence-electron chi connectivity index (χ4n) is 1.57. The normalized spacial score (nSPS) is 11.9. The number of ether oxygens (including phenoxy) is 1. The molecular weight excluding hydrogens is 252 g/mol. The summed E-state index contributed by atoms with van der Waals surface area (Å²) in [6.07, 6.45) is 0.338. The van der Waals surface area contributed by atoms with E-state index in [9.17, 15) is 20.0 Å². The van der Waals surface area contributed by atoms with Crippen LogP contribution < -0.4 is 5.32 Å². The molecule has 0 spiro atoms. The van der Waals surface area contributed by atoms with Gasteiger partial charge in [-0.15, -0.1) is 0 Å². The lowest BCUT2D eigenvalue weighted by Gasteiger charge is -2.11. The second-order valence-corrected chi connectivity index (χ2v) is 3.98. The first kappa shape index (κ1) is 15.1. The van der Waals surface area contributed by atoms with Crippen molar-refractivity contribution in [3.8, 4) is 0 Å². The lowest BCUT2D eigenvalue weighted by atomic mass is 10.2. The number of carbonyl (C=O) groups is 1. The molecule has 19 heavy (non-hydrogen) atoms. The second-order valence-electron chi connectivity index (χ2n) is 3.98. The molecule has 1 rings (SSSR count). The Bertz CT molecular complexity index is 450. The third-order valence-electron chi connectivity index (χ3n) is 2.51. The van der Waals surface area contributed by atoms with Crippen molar-refractivity contribution in [3.05, 3.63) is 33.9 Å². The standard InChI is InChI=1S/C12H16N2O5/c1-19-8-10(16)4-5-13-11-3-2-9(7-15)6-12(11)14(17)18/h2-3,6-7,10,13,16H,4-5,8H2,1H3. The highest BCUT2D eigenvalue weighted by molar-refractivity contribution is 5.79. The molecule has 0 aliphatic rings. The van der Waals surface area contributed by atoms with E-state index >= 15 is 0 Å². The zero-order valence-corrected chi connectivity index (χ0v) is 10.5. The molecule has 0 aliphatic carbocycles. The highest BCUT2D eigenvalue weighted by atomic mass is 16.6. The van der Waals surface area contributed by atoms with Gasteiger partial charge in [0, 0.05) is 25.3 Å². The van der Waals surface area contributed by atoms with Crippen LogP contribution in [0.1, 0.15) is 16.8 Å². The fraction of sp³-hybridized carbons (Fsp3) is 0.417. The average Bonchev–Trinajstić information content (AvgIpc) is 2.39. The summed E-state index contributed by atoms with van der Waals surface area (Å²) in [5.41, 5.74) is 0.405. The number of aliphatic hydroxyl groups excluding tert-OH is 1. The number of hydrogen-bond acceptors (Lipinski definition) is 6. The summed E-state index contributed by atoms with van der Waals surface area (Å²) in [4.78, 5) is 20.9. The highest BCUT2D eigenvalue weighted by Gasteiger charge is 2.14. The van der Waals surface area contributed by atoms with E-state index < -0.39 is 11.0 Å². The molecule has 1 aromatic rings. The molecule has 0 aliphatic heterocycles. The van der Waals surface area contributed by atoms with E-state index in [1.807, 2.05) is 0 Å². The number of anilines is 1. The minimum Gasteiger partial charge on any atom is -0.391 e. The average molecular weight is 268 g/mol. The van der Waals surface area contributed by atoms with Crippen LogP contribution in [0.15, 0.2) is 18.2 Å². The molecule has 0 aromatic heterocycles. The number of nitro benzene ring substituents is 1. The first-order valence-corrected chi connectivity index (χ1v) is 5.73. The van der Waals surface area contributed by atoms with E-state index in [1.165, 1.54) is 25.3 Å². The molecule has 2 N–H and O–H groups in total. The largest absolute Gasteiger partial charge is 0.391 e. The first-order chi connectivity index (χ1) is 9.08. The van der Waals surface area contributed by atoms with Crippen molar-refractivity contribution in [1.82, 2.24) is 0 Å². The quantitative estimate of drug-likeness (QED) is 0.417. The minimum atomic E-state index is -0.620. The molecule has 7 nitrogen and oxygen atoms in total. The smallest absolute Gasteiger partial charge is 0.293 e. The summed E-state index contributed by atoms with van der Waals surface area (Å²) in [6.45, 7) is 0.583. The Morgan fingerprint density at radius 1 is 1.58 bits per heavy atom. The van der Waals surface area contributed by atoms with Crippen molar-refractivity contribution in [2.45, 2.75) is 12.5 Å². The summed E-state index contributed by atoms with van der Waals surface area (Å²) < 4.78 is 4.77. The SMILES string of the molecule is COCC(O)CCNc1ccc(C=O)cc1[N+](=O)[O-]. The Morgan fingerprint density at radius 2 is 2.32 bits per heavy atom. The van der Waals surface area contributed by atoms with Crippen molar-refractivity contribution < 1.29 is 19.6 Å².